The average molecular weight is 412 g/mol. The van der Waals surface area contributed by atoms with E-state index in [1.54, 1.807) is 11.8 Å². The Labute approximate surface area is 176 Å². The van der Waals surface area contributed by atoms with Gasteiger partial charge >= 0.3 is 0 Å². The Morgan fingerprint density at radius 1 is 1.11 bits per heavy atom. The molecule has 0 atom stereocenters. The summed E-state index contributed by atoms with van der Waals surface area (Å²) in [4.78, 5) is 25.9. The van der Waals surface area contributed by atoms with Crippen LogP contribution in [0.3, 0.4) is 0 Å². The Morgan fingerprint density at radius 2 is 1.61 bits per heavy atom. The SMILES string of the molecule is C=C(C)C(=O)NC(C)(C)CC[N+](C)(C)CCC(=O)N(CCC#N)CCC#N.[Cl-]. The molecule has 0 aliphatic heterocycles. The zero-order chi connectivity index (χ0) is 21.1. The van der Waals surface area contributed by atoms with Gasteiger partial charge in [0, 0.05) is 30.6 Å². The molecule has 0 aromatic heterocycles. The van der Waals surface area contributed by atoms with E-state index in [9.17, 15) is 9.59 Å². The number of quaternary nitrogens is 1. The molecule has 0 heterocycles. The van der Waals surface area contributed by atoms with Gasteiger partial charge in [0.25, 0.3) is 0 Å². The van der Waals surface area contributed by atoms with Crippen molar-refractivity contribution in [1.82, 2.24) is 10.2 Å². The van der Waals surface area contributed by atoms with Crippen LogP contribution in [0.25, 0.3) is 0 Å². The lowest BCUT2D eigenvalue weighted by atomic mass is 9.99. The van der Waals surface area contributed by atoms with E-state index in [-0.39, 0.29) is 42.6 Å². The van der Waals surface area contributed by atoms with Crippen molar-refractivity contribution in [2.24, 2.45) is 0 Å². The number of carbonyl (C=O) groups excluding carboxylic acids is 2. The van der Waals surface area contributed by atoms with Crippen LogP contribution in [0.5, 0.6) is 0 Å². The van der Waals surface area contributed by atoms with Crippen molar-refractivity contribution in [3.8, 4) is 12.1 Å². The van der Waals surface area contributed by atoms with Crippen molar-refractivity contribution < 1.29 is 26.5 Å². The highest BCUT2D eigenvalue weighted by Gasteiger charge is 2.26. The largest absolute Gasteiger partial charge is 1.00 e. The quantitative estimate of drug-likeness (QED) is 0.328. The molecule has 0 rings (SSSR count). The number of nitriles is 2. The first kappa shape index (κ1) is 28.1. The summed E-state index contributed by atoms with van der Waals surface area (Å²) in [5, 5.41) is 20.4. The third-order valence-electron chi connectivity index (χ3n) is 4.45. The van der Waals surface area contributed by atoms with Gasteiger partial charge in [-0.3, -0.25) is 9.59 Å². The molecule has 0 radical (unpaired) electrons. The highest BCUT2D eigenvalue weighted by atomic mass is 35.5. The highest BCUT2D eigenvalue weighted by Crippen LogP contribution is 2.14. The normalized spacial score (nSPS) is 10.8. The second-order valence-corrected chi connectivity index (χ2v) is 8.20. The lowest BCUT2D eigenvalue weighted by molar-refractivity contribution is -0.890. The van der Waals surface area contributed by atoms with Crippen LogP contribution in [0.2, 0.25) is 0 Å². The number of carbonyl (C=O) groups is 2. The number of hydrogen-bond acceptors (Lipinski definition) is 4. The van der Waals surface area contributed by atoms with Crippen LogP contribution in [-0.4, -0.2) is 67.0 Å². The fraction of sp³-hybridized carbons (Fsp3) is 0.700. The van der Waals surface area contributed by atoms with E-state index >= 15 is 0 Å². The zero-order valence-electron chi connectivity index (χ0n) is 17.8. The molecular formula is C20H34ClN5O2. The summed E-state index contributed by atoms with van der Waals surface area (Å²) >= 11 is 0. The van der Waals surface area contributed by atoms with E-state index < -0.39 is 0 Å². The average Bonchev–Trinajstić information content (AvgIpc) is 2.58. The smallest absolute Gasteiger partial charge is 0.246 e. The molecule has 0 aliphatic carbocycles. The maximum Gasteiger partial charge on any atom is 0.246 e. The Morgan fingerprint density at radius 3 is 2.04 bits per heavy atom. The van der Waals surface area contributed by atoms with Crippen molar-refractivity contribution in [1.29, 1.82) is 10.5 Å². The molecule has 0 aromatic rings. The monoisotopic (exact) mass is 411 g/mol. The summed E-state index contributed by atoms with van der Waals surface area (Å²) in [6.45, 7) is 11.5. The summed E-state index contributed by atoms with van der Waals surface area (Å²) in [7, 11) is 4.11. The Balaban J connectivity index is 0. The van der Waals surface area contributed by atoms with Crippen LogP contribution in [0.15, 0.2) is 12.2 Å². The van der Waals surface area contributed by atoms with Gasteiger partial charge in [0.1, 0.15) is 0 Å². The second-order valence-electron chi connectivity index (χ2n) is 8.20. The van der Waals surface area contributed by atoms with Gasteiger partial charge in [-0.2, -0.15) is 10.5 Å². The summed E-state index contributed by atoms with van der Waals surface area (Å²) in [5.41, 5.74) is 0.124. The van der Waals surface area contributed by atoms with Crippen LogP contribution >= 0.6 is 0 Å². The van der Waals surface area contributed by atoms with Gasteiger partial charge in [-0.05, 0) is 20.8 Å². The van der Waals surface area contributed by atoms with Crippen molar-refractivity contribution >= 4 is 11.8 Å². The van der Waals surface area contributed by atoms with Gasteiger partial charge in [-0.25, -0.2) is 0 Å². The Kier molecular flexibility index (Phi) is 13.2. The second kappa shape index (κ2) is 13.1. The molecule has 28 heavy (non-hydrogen) atoms. The van der Waals surface area contributed by atoms with E-state index in [0.29, 0.717) is 36.1 Å². The number of nitrogens with zero attached hydrogens (tertiary/aromatic N) is 4. The van der Waals surface area contributed by atoms with E-state index in [4.69, 9.17) is 10.5 Å². The Hall–Kier alpha value is -2.09. The van der Waals surface area contributed by atoms with Gasteiger partial charge in [-0.15, -0.1) is 0 Å². The van der Waals surface area contributed by atoms with E-state index in [2.05, 4.69) is 26.0 Å². The molecular weight excluding hydrogens is 378 g/mol. The minimum absolute atomic E-state index is 0. The van der Waals surface area contributed by atoms with Gasteiger partial charge in [0.2, 0.25) is 11.8 Å². The van der Waals surface area contributed by atoms with Crippen molar-refractivity contribution in [3.63, 3.8) is 0 Å². The molecule has 2 amide bonds. The molecule has 0 bridgehead atoms. The summed E-state index contributed by atoms with van der Waals surface area (Å²) in [5.74, 6) is -0.173. The molecule has 0 fully saturated rings. The predicted octanol–water partition coefficient (Wildman–Crippen LogP) is -1.03. The molecule has 8 heteroatoms. The maximum atomic E-state index is 12.5. The predicted molar refractivity (Wildman–Crippen MR) is 105 cm³/mol. The first-order valence-electron chi connectivity index (χ1n) is 9.26. The molecule has 0 aliphatic rings. The lowest BCUT2D eigenvalue weighted by Gasteiger charge is -2.35. The van der Waals surface area contributed by atoms with Crippen LogP contribution in [0.1, 0.15) is 46.5 Å². The third-order valence-corrected chi connectivity index (χ3v) is 4.45. The third kappa shape index (κ3) is 12.3. The van der Waals surface area contributed by atoms with Gasteiger partial charge in [-0.1, -0.05) is 6.58 Å². The molecule has 7 nitrogen and oxygen atoms in total. The zero-order valence-corrected chi connectivity index (χ0v) is 18.6. The topological polar surface area (TPSA) is 97.0 Å². The van der Waals surface area contributed by atoms with Crippen LogP contribution in [0, 0.1) is 22.7 Å². The van der Waals surface area contributed by atoms with Crippen LogP contribution < -0.4 is 17.7 Å². The highest BCUT2D eigenvalue weighted by molar-refractivity contribution is 5.92. The van der Waals surface area contributed by atoms with Crippen molar-refractivity contribution in [2.45, 2.75) is 52.0 Å². The first-order valence-corrected chi connectivity index (χ1v) is 9.26. The molecule has 0 unspecified atom stereocenters. The van der Waals surface area contributed by atoms with Gasteiger partial charge in [0.05, 0.1) is 58.6 Å². The minimum Gasteiger partial charge on any atom is -1.00 e. The van der Waals surface area contributed by atoms with Crippen molar-refractivity contribution in [2.75, 3.05) is 40.3 Å². The number of halogens is 1. The fourth-order valence-electron chi connectivity index (χ4n) is 2.46. The first-order chi connectivity index (χ1) is 12.4. The van der Waals surface area contributed by atoms with E-state index in [0.717, 1.165) is 13.0 Å². The number of amides is 2. The molecule has 0 spiro atoms. The number of rotatable bonds is 12. The summed E-state index contributed by atoms with van der Waals surface area (Å²) in [6, 6.07) is 4.08. The fourth-order valence-corrected chi connectivity index (χ4v) is 2.46. The van der Waals surface area contributed by atoms with Crippen molar-refractivity contribution in [3.05, 3.63) is 12.2 Å². The molecule has 0 saturated heterocycles. The van der Waals surface area contributed by atoms with Crippen LogP contribution in [-0.2, 0) is 9.59 Å². The van der Waals surface area contributed by atoms with Gasteiger partial charge in [0.15, 0.2) is 0 Å². The summed E-state index contributed by atoms with van der Waals surface area (Å²) < 4.78 is 0.641. The molecule has 0 saturated carbocycles. The van der Waals surface area contributed by atoms with Crippen LogP contribution in [0.4, 0.5) is 0 Å². The molecule has 1 N–H and O–H groups in total. The molecule has 0 aromatic carbocycles. The maximum absolute atomic E-state index is 12.5. The standard InChI is InChI=1S/C20H33N5O2.ClH/c1-17(2)19(27)23-20(3,4)10-16-25(5,6)15-9-18(26)24(13-7-11-21)14-8-12-22;/h1,7-10,13-16H2,2-6H3;1H. The van der Waals surface area contributed by atoms with E-state index in [1.165, 1.54) is 0 Å². The number of nitrogens with one attached hydrogen (secondary N) is 1. The Bertz CT molecular complexity index is 599. The van der Waals surface area contributed by atoms with E-state index in [1.807, 2.05) is 26.0 Å². The van der Waals surface area contributed by atoms with Gasteiger partial charge < -0.3 is 27.1 Å². The minimum atomic E-state index is -0.360. The number of hydrogen-bond donors (Lipinski definition) is 1. The lowest BCUT2D eigenvalue weighted by Crippen LogP contribution is -3.00. The molecule has 158 valence electrons. The summed E-state index contributed by atoms with van der Waals surface area (Å²) in [6.07, 6.45) is 1.67.